The molecule has 136 valence electrons. The summed E-state index contributed by atoms with van der Waals surface area (Å²) in [6.07, 6.45) is 1.44. The Morgan fingerprint density at radius 2 is 1.75 bits per heavy atom. The highest BCUT2D eigenvalue weighted by molar-refractivity contribution is 7.92. The fourth-order valence-corrected chi connectivity index (χ4v) is 3.40. The van der Waals surface area contributed by atoms with Crippen molar-refractivity contribution in [1.82, 2.24) is 4.90 Å². The molecule has 0 aliphatic heterocycles. The van der Waals surface area contributed by atoms with Crippen LogP contribution in [-0.2, 0) is 14.8 Å². The highest BCUT2D eigenvalue weighted by Gasteiger charge is 2.11. The lowest BCUT2D eigenvalue weighted by molar-refractivity contribution is 0.0466. The molecule has 0 aromatic heterocycles. The maximum Gasteiger partial charge on any atom is 0.338 e. The predicted molar refractivity (Wildman–Crippen MR) is 96.8 cm³/mol. The average Bonchev–Trinajstić information content (AvgIpc) is 2.57. The van der Waals surface area contributed by atoms with Gasteiger partial charge in [0, 0.05) is 12.2 Å². The minimum absolute atomic E-state index is 0.0959. The minimum atomic E-state index is -3.33. The zero-order chi connectivity index (χ0) is 18.0. The number of likely N-dealkylation sites (N-methyl/N-ethyl adjacent to an activating group) is 1. The molecular weight excluding hydrogens is 328 g/mol. The Hall–Kier alpha value is -1.60. The highest BCUT2D eigenvalue weighted by Crippen LogP contribution is 2.13. The molecule has 0 amide bonds. The number of hydrogen-bond acceptors (Lipinski definition) is 5. The van der Waals surface area contributed by atoms with E-state index in [2.05, 4.69) is 23.5 Å². The lowest BCUT2D eigenvalue weighted by Crippen LogP contribution is -2.27. The Morgan fingerprint density at radius 1 is 1.12 bits per heavy atom. The van der Waals surface area contributed by atoms with Crippen LogP contribution < -0.4 is 4.72 Å². The molecule has 0 bridgehead atoms. The number of sulfonamides is 1. The lowest BCUT2D eigenvalue weighted by atomic mass is 10.2. The van der Waals surface area contributed by atoms with E-state index in [1.165, 1.54) is 0 Å². The topological polar surface area (TPSA) is 75.7 Å². The van der Waals surface area contributed by atoms with E-state index < -0.39 is 16.0 Å². The van der Waals surface area contributed by atoms with Crippen LogP contribution in [0.4, 0.5) is 5.69 Å². The van der Waals surface area contributed by atoms with Gasteiger partial charge in [-0.05, 0) is 43.8 Å². The maximum absolute atomic E-state index is 12.0. The third-order valence-electron chi connectivity index (χ3n) is 3.70. The summed E-state index contributed by atoms with van der Waals surface area (Å²) in [6, 6.07) is 6.28. The van der Waals surface area contributed by atoms with Crippen LogP contribution in [0.25, 0.3) is 0 Å². The number of carbonyl (C=O) groups excluding carboxylic acids is 1. The Kier molecular flexibility index (Phi) is 8.78. The molecule has 0 radical (unpaired) electrons. The predicted octanol–water partition coefficient (Wildman–Crippen LogP) is 2.73. The number of nitrogens with one attached hydrogen (secondary N) is 1. The standard InChI is InChI=1S/C17H28N2O4S/c1-4-7-14-24(21,22)18-16-10-8-15(9-11-16)17(20)23-13-12-19(5-2)6-3/h8-11,18H,4-7,12-14H2,1-3H3. The van der Waals surface area contributed by atoms with Gasteiger partial charge in [0.1, 0.15) is 6.61 Å². The highest BCUT2D eigenvalue weighted by atomic mass is 32.2. The van der Waals surface area contributed by atoms with Gasteiger partial charge >= 0.3 is 5.97 Å². The van der Waals surface area contributed by atoms with E-state index >= 15 is 0 Å². The maximum atomic E-state index is 12.0. The third kappa shape index (κ3) is 7.31. The van der Waals surface area contributed by atoms with Gasteiger partial charge in [0.05, 0.1) is 11.3 Å². The van der Waals surface area contributed by atoms with E-state index in [1.807, 2.05) is 6.92 Å². The van der Waals surface area contributed by atoms with Gasteiger partial charge in [-0.3, -0.25) is 4.72 Å². The van der Waals surface area contributed by atoms with E-state index in [0.29, 0.717) is 30.8 Å². The van der Waals surface area contributed by atoms with Crippen molar-refractivity contribution in [2.45, 2.75) is 33.6 Å². The Balaban J connectivity index is 2.53. The SMILES string of the molecule is CCCCS(=O)(=O)Nc1ccc(C(=O)OCCN(CC)CC)cc1. The van der Waals surface area contributed by atoms with Gasteiger partial charge in [0.25, 0.3) is 0 Å². The first-order valence-corrected chi connectivity index (χ1v) is 10.1. The Morgan fingerprint density at radius 3 is 2.29 bits per heavy atom. The van der Waals surface area contributed by atoms with Gasteiger partial charge in [-0.25, -0.2) is 13.2 Å². The number of rotatable bonds is 11. The molecule has 0 atom stereocenters. The molecule has 24 heavy (non-hydrogen) atoms. The molecule has 7 heteroatoms. The molecule has 0 aliphatic rings. The molecule has 0 unspecified atom stereocenters. The number of hydrogen-bond donors (Lipinski definition) is 1. The second kappa shape index (κ2) is 10.3. The fourth-order valence-electron chi connectivity index (χ4n) is 2.13. The summed E-state index contributed by atoms with van der Waals surface area (Å²) in [5, 5.41) is 0. The minimum Gasteiger partial charge on any atom is -0.461 e. The van der Waals surface area contributed by atoms with Crippen LogP contribution >= 0.6 is 0 Å². The Labute approximate surface area is 145 Å². The number of benzene rings is 1. The summed E-state index contributed by atoms with van der Waals surface area (Å²) >= 11 is 0. The van der Waals surface area contributed by atoms with E-state index in [1.54, 1.807) is 24.3 Å². The molecule has 0 fully saturated rings. The molecule has 0 aliphatic carbocycles. The van der Waals surface area contributed by atoms with Crippen LogP contribution in [-0.4, -0.2) is 51.3 Å². The molecule has 0 heterocycles. The summed E-state index contributed by atoms with van der Waals surface area (Å²) in [4.78, 5) is 14.1. The second-order valence-corrected chi connectivity index (χ2v) is 7.36. The lowest BCUT2D eigenvalue weighted by Gasteiger charge is -2.17. The normalized spacial score (nSPS) is 11.5. The van der Waals surface area contributed by atoms with Gasteiger partial charge < -0.3 is 9.64 Å². The van der Waals surface area contributed by atoms with E-state index in [9.17, 15) is 13.2 Å². The zero-order valence-electron chi connectivity index (χ0n) is 14.7. The molecule has 1 rings (SSSR count). The van der Waals surface area contributed by atoms with Crippen LogP contribution in [0.2, 0.25) is 0 Å². The number of ether oxygens (including phenoxy) is 1. The quantitative estimate of drug-likeness (QED) is 0.617. The number of anilines is 1. The summed E-state index contributed by atoms with van der Waals surface area (Å²) in [5.41, 5.74) is 0.858. The van der Waals surface area contributed by atoms with Crippen molar-refractivity contribution in [3.63, 3.8) is 0 Å². The van der Waals surface area contributed by atoms with E-state index in [4.69, 9.17) is 4.74 Å². The molecule has 1 N–H and O–H groups in total. The monoisotopic (exact) mass is 356 g/mol. The van der Waals surface area contributed by atoms with E-state index in [-0.39, 0.29) is 5.75 Å². The van der Waals surface area contributed by atoms with Gasteiger partial charge in [0.2, 0.25) is 10.0 Å². The molecule has 0 saturated heterocycles. The van der Waals surface area contributed by atoms with Crippen molar-refractivity contribution < 1.29 is 17.9 Å². The second-order valence-electron chi connectivity index (χ2n) is 5.51. The molecule has 6 nitrogen and oxygen atoms in total. The number of nitrogens with zero attached hydrogens (tertiary/aromatic N) is 1. The van der Waals surface area contributed by atoms with Crippen molar-refractivity contribution in [1.29, 1.82) is 0 Å². The van der Waals surface area contributed by atoms with Crippen LogP contribution in [0.3, 0.4) is 0 Å². The Bertz CT molecular complexity index is 596. The number of carbonyl (C=O) groups is 1. The molecular formula is C17H28N2O4S. The first-order valence-electron chi connectivity index (χ1n) is 8.41. The number of unbranched alkanes of at least 4 members (excludes halogenated alkanes) is 1. The van der Waals surface area contributed by atoms with E-state index in [0.717, 1.165) is 19.5 Å². The zero-order valence-corrected chi connectivity index (χ0v) is 15.6. The van der Waals surface area contributed by atoms with Gasteiger partial charge in [0.15, 0.2) is 0 Å². The van der Waals surface area contributed by atoms with Crippen molar-refractivity contribution >= 4 is 21.7 Å². The first-order chi connectivity index (χ1) is 11.4. The molecule has 0 spiro atoms. The van der Waals surface area contributed by atoms with Gasteiger partial charge in [-0.2, -0.15) is 0 Å². The summed E-state index contributed by atoms with van der Waals surface area (Å²) in [5.74, 6) is -0.305. The van der Waals surface area contributed by atoms with Crippen LogP contribution in [0.5, 0.6) is 0 Å². The summed E-state index contributed by atoms with van der Waals surface area (Å²) < 4.78 is 31.4. The molecule has 1 aromatic rings. The fraction of sp³-hybridized carbons (Fsp3) is 0.588. The summed E-state index contributed by atoms with van der Waals surface area (Å²) in [7, 11) is -3.33. The van der Waals surface area contributed by atoms with Crippen molar-refractivity contribution in [2.75, 3.05) is 36.7 Å². The third-order valence-corrected chi connectivity index (χ3v) is 5.07. The van der Waals surface area contributed by atoms with Gasteiger partial charge in [-0.1, -0.05) is 27.2 Å². The van der Waals surface area contributed by atoms with Crippen LogP contribution in [0.1, 0.15) is 44.0 Å². The summed E-state index contributed by atoms with van der Waals surface area (Å²) in [6.45, 7) is 8.94. The van der Waals surface area contributed by atoms with Crippen LogP contribution in [0.15, 0.2) is 24.3 Å². The smallest absolute Gasteiger partial charge is 0.338 e. The number of esters is 1. The van der Waals surface area contributed by atoms with Crippen molar-refractivity contribution in [3.8, 4) is 0 Å². The molecule has 0 saturated carbocycles. The average molecular weight is 356 g/mol. The first kappa shape index (κ1) is 20.4. The largest absolute Gasteiger partial charge is 0.461 e. The van der Waals surface area contributed by atoms with Crippen LogP contribution in [0, 0.1) is 0 Å². The van der Waals surface area contributed by atoms with Gasteiger partial charge in [-0.15, -0.1) is 0 Å². The van der Waals surface area contributed by atoms with Crippen molar-refractivity contribution in [3.05, 3.63) is 29.8 Å². The van der Waals surface area contributed by atoms with Crippen molar-refractivity contribution in [2.24, 2.45) is 0 Å². The molecule has 1 aromatic carbocycles.